The van der Waals surface area contributed by atoms with Gasteiger partial charge in [-0.05, 0) is 6.07 Å². The highest BCUT2D eigenvalue weighted by atomic mass is 19.1. The van der Waals surface area contributed by atoms with Crippen LogP contribution in [0.15, 0.2) is 12.3 Å². The number of pyridine rings is 1. The number of anilines is 1. The van der Waals surface area contributed by atoms with Crippen molar-refractivity contribution in [3.05, 3.63) is 23.6 Å². The lowest BCUT2D eigenvalue weighted by molar-refractivity contribution is 0.0949. The molecule has 0 aliphatic rings. The molecule has 20 heavy (non-hydrogen) atoms. The third kappa shape index (κ3) is 4.08. The van der Waals surface area contributed by atoms with Crippen molar-refractivity contribution >= 4 is 17.8 Å². The Morgan fingerprint density at radius 3 is 2.55 bits per heavy atom. The summed E-state index contributed by atoms with van der Waals surface area (Å²) in [6.07, 6.45) is 1.34. The number of hydrogen-bond acceptors (Lipinski definition) is 4. The van der Waals surface area contributed by atoms with Gasteiger partial charge in [0.25, 0.3) is 5.91 Å². The van der Waals surface area contributed by atoms with Gasteiger partial charge in [0.15, 0.2) is 11.6 Å². The van der Waals surface area contributed by atoms with E-state index in [2.05, 4.69) is 20.9 Å². The van der Waals surface area contributed by atoms with Crippen molar-refractivity contribution in [2.75, 3.05) is 39.5 Å². The fourth-order valence-corrected chi connectivity index (χ4v) is 1.39. The van der Waals surface area contributed by atoms with Crippen molar-refractivity contribution in [1.82, 2.24) is 20.5 Å². The molecule has 110 valence electrons. The number of halogens is 1. The fourth-order valence-electron chi connectivity index (χ4n) is 1.39. The Balaban J connectivity index is 2.50. The summed E-state index contributed by atoms with van der Waals surface area (Å²) in [6.45, 7) is 0.462. The predicted octanol–water partition coefficient (Wildman–Crippen LogP) is 0.263. The van der Waals surface area contributed by atoms with Crippen LogP contribution in [0.4, 0.5) is 15.0 Å². The van der Waals surface area contributed by atoms with E-state index in [9.17, 15) is 14.0 Å². The smallest absolute Gasteiger partial charge is 0.316 e. The molecule has 0 radical (unpaired) electrons. The van der Waals surface area contributed by atoms with Gasteiger partial charge in [0.2, 0.25) is 0 Å². The van der Waals surface area contributed by atoms with Crippen LogP contribution in [-0.4, -0.2) is 56.1 Å². The molecule has 0 aliphatic carbocycles. The number of carbonyl (C=O) groups is 2. The monoisotopic (exact) mass is 283 g/mol. The fraction of sp³-hybridized carbons (Fsp3) is 0.417. The summed E-state index contributed by atoms with van der Waals surface area (Å²) in [5, 5.41) is 7.65. The minimum absolute atomic E-state index is 0.0126. The number of hydrogen-bond donors (Lipinski definition) is 3. The van der Waals surface area contributed by atoms with Gasteiger partial charge in [-0.3, -0.25) is 4.79 Å². The van der Waals surface area contributed by atoms with Crippen molar-refractivity contribution in [3.8, 4) is 0 Å². The van der Waals surface area contributed by atoms with Crippen molar-refractivity contribution in [2.24, 2.45) is 0 Å². The average molecular weight is 283 g/mol. The molecule has 0 bridgehead atoms. The predicted molar refractivity (Wildman–Crippen MR) is 73.2 cm³/mol. The largest absolute Gasteiger partial charge is 0.371 e. The van der Waals surface area contributed by atoms with Crippen LogP contribution >= 0.6 is 0 Å². The van der Waals surface area contributed by atoms with Crippen molar-refractivity contribution in [3.63, 3.8) is 0 Å². The maximum absolute atomic E-state index is 13.8. The number of urea groups is 1. The Bertz CT molecular complexity index is 493. The number of nitrogens with one attached hydrogen (secondary N) is 3. The summed E-state index contributed by atoms with van der Waals surface area (Å²) in [7, 11) is 4.74. The molecule has 7 nitrogen and oxygen atoms in total. The van der Waals surface area contributed by atoms with E-state index < -0.39 is 11.7 Å². The van der Waals surface area contributed by atoms with Gasteiger partial charge in [-0.1, -0.05) is 0 Å². The summed E-state index contributed by atoms with van der Waals surface area (Å²) in [5.41, 5.74) is -0.0942. The molecule has 1 aromatic rings. The molecule has 8 heteroatoms. The molecular weight excluding hydrogens is 265 g/mol. The van der Waals surface area contributed by atoms with Gasteiger partial charge in [0.05, 0.1) is 5.56 Å². The van der Waals surface area contributed by atoms with Gasteiger partial charge in [-0.15, -0.1) is 0 Å². The molecule has 0 unspecified atom stereocenters. The molecule has 0 saturated carbocycles. The van der Waals surface area contributed by atoms with Crippen molar-refractivity contribution in [2.45, 2.75) is 0 Å². The molecule has 3 amide bonds. The molecule has 0 saturated heterocycles. The molecule has 0 fully saturated rings. The Morgan fingerprint density at radius 1 is 1.30 bits per heavy atom. The lowest BCUT2D eigenvalue weighted by Crippen LogP contribution is -2.39. The number of amides is 3. The quantitative estimate of drug-likeness (QED) is 0.677. The van der Waals surface area contributed by atoms with Gasteiger partial charge in [0, 0.05) is 40.4 Å². The first-order valence-electron chi connectivity index (χ1n) is 6.03. The SMILES string of the molecule is CNc1nccc(C(=O)NCCNC(=O)N(C)C)c1F. The van der Waals surface area contributed by atoms with Crippen molar-refractivity contribution < 1.29 is 14.0 Å². The first-order valence-corrected chi connectivity index (χ1v) is 6.03. The third-order valence-corrected chi connectivity index (χ3v) is 2.46. The highest BCUT2D eigenvalue weighted by Gasteiger charge is 2.14. The van der Waals surface area contributed by atoms with Gasteiger partial charge >= 0.3 is 6.03 Å². The average Bonchev–Trinajstić information content (AvgIpc) is 2.43. The van der Waals surface area contributed by atoms with Crippen LogP contribution in [0.3, 0.4) is 0 Å². The van der Waals surface area contributed by atoms with Crippen LogP contribution < -0.4 is 16.0 Å². The zero-order valence-corrected chi connectivity index (χ0v) is 11.7. The molecule has 0 spiro atoms. The Labute approximate surface area is 116 Å². The molecule has 0 aromatic carbocycles. The van der Waals surface area contributed by atoms with E-state index in [1.54, 1.807) is 14.1 Å². The normalized spacial score (nSPS) is 9.80. The Hall–Kier alpha value is -2.38. The van der Waals surface area contributed by atoms with Crippen LogP contribution in [0.1, 0.15) is 10.4 Å². The zero-order valence-electron chi connectivity index (χ0n) is 11.7. The maximum atomic E-state index is 13.8. The number of carbonyl (C=O) groups excluding carboxylic acids is 2. The van der Waals surface area contributed by atoms with Crippen LogP contribution in [0.2, 0.25) is 0 Å². The summed E-state index contributed by atoms with van der Waals surface area (Å²) >= 11 is 0. The van der Waals surface area contributed by atoms with E-state index in [0.29, 0.717) is 0 Å². The van der Waals surface area contributed by atoms with E-state index in [-0.39, 0.29) is 30.5 Å². The highest BCUT2D eigenvalue weighted by molar-refractivity contribution is 5.95. The first kappa shape index (κ1) is 15.7. The van der Waals surface area contributed by atoms with Gasteiger partial charge < -0.3 is 20.9 Å². The lowest BCUT2D eigenvalue weighted by atomic mass is 10.2. The molecule has 3 N–H and O–H groups in total. The summed E-state index contributed by atoms with van der Waals surface area (Å²) in [4.78, 5) is 28.1. The second-order valence-electron chi connectivity index (χ2n) is 4.15. The number of rotatable bonds is 5. The second-order valence-corrected chi connectivity index (χ2v) is 4.15. The standard InChI is InChI=1S/C12H18FN5O2/c1-14-10-9(13)8(4-5-15-10)11(19)16-6-7-17-12(20)18(2)3/h4-5H,6-7H2,1-3H3,(H,14,15)(H,16,19)(H,17,20). The van der Waals surface area contributed by atoms with Crippen LogP contribution in [-0.2, 0) is 0 Å². The zero-order chi connectivity index (χ0) is 15.1. The van der Waals surface area contributed by atoms with E-state index >= 15 is 0 Å². The maximum Gasteiger partial charge on any atom is 0.316 e. The third-order valence-electron chi connectivity index (χ3n) is 2.46. The number of nitrogens with zero attached hydrogens (tertiary/aromatic N) is 2. The minimum Gasteiger partial charge on any atom is -0.371 e. The lowest BCUT2D eigenvalue weighted by Gasteiger charge is -2.12. The van der Waals surface area contributed by atoms with Crippen molar-refractivity contribution in [1.29, 1.82) is 0 Å². The highest BCUT2D eigenvalue weighted by Crippen LogP contribution is 2.13. The van der Waals surface area contributed by atoms with Gasteiger partial charge in [-0.25, -0.2) is 14.2 Å². The molecule has 1 heterocycles. The summed E-state index contributed by atoms with van der Waals surface area (Å²) < 4.78 is 13.8. The topological polar surface area (TPSA) is 86.4 Å². The summed E-state index contributed by atoms with van der Waals surface area (Å²) in [5.74, 6) is -1.25. The molecule has 0 aliphatic heterocycles. The van der Waals surface area contributed by atoms with Crippen LogP contribution in [0.25, 0.3) is 0 Å². The first-order chi connectivity index (χ1) is 9.47. The Morgan fingerprint density at radius 2 is 1.95 bits per heavy atom. The molecular formula is C12H18FN5O2. The van der Waals surface area contributed by atoms with Gasteiger partial charge in [-0.2, -0.15) is 0 Å². The van der Waals surface area contributed by atoms with E-state index in [1.807, 2.05) is 0 Å². The second kappa shape index (κ2) is 7.27. The number of aromatic nitrogens is 1. The molecule has 1 aromatic heterocycles. The minimum atomic E-state index is -0.704. The van der Waals surface area contributed by atoms with E-state index in [0.717, 1.165) is 0 Å². The molecule has 1 rings (SSSR count). The van der Waals surface area contributed by atoms with Crippen LogP contribution in [0, 0.1) is 5.82 Å². The van der Waals surface area contributed by atoms with Gasteiger partial charge in [0.1, 0.15) is 0 Å². The Kier molecular flexibility index (Phi) is 5.70. The molecule has 0 atom stereocenters. The summed E-state index contributed by atoms with van der Waals surface area (Å²) in [6, 6.07) is 1.04. The van der Waals surface area contributed by atoms with E-state index in [1.165, 1.54) is 24.2 Å². The van der Waals surface area contributed by atoms with Crippen LogP contribution in [0.5, 0.6) is 0 Å². The van der Waals surface area contributed by atoms with E-state index in [4.69, 9.17) is 0 Å².